The molecule has 2 nitrogen and oxygen atoms in total. The molecule has 0 aliphatic rings. The fraction of sp³-hybridized carbons (Fsp3) is 0.125. The van der Waals surface area contributed by atoms with E-state index < -0.39 is 5.08 Å². The van der Waals surface area contributed by atoms with E-state index in [1.165, 1.54) is 0 Å². The van der Waals surface area contributed by atoms with Crippen molar-refractivity contribution in [1.82, 2.24) is 0 Å². The number of hydrogen-bond acceptors (Lipinski definition) is 2. The third-order valence-electron chi connectivity index (χ3n) is 1.45. The summed E-state index contributed by atoms with van der Waals surface area (Å²) in [4.78, 5) is 0. The lowest BCUT2D eigenvalue weighted by Gasteiger charge is -2.03. The zero-order chi connectivity index (χ0) is 9.84. The molecule has 1 rings (SSSR count). The number of oxime groups is 1. The molecule has 1 aromatic rings. The molecule has 1 N–H and O–H groups in total. The lowest BCUT2D eigenvalue weighted by molar-refractivity contribution is 0.315. The minimum absolute atomic E-state index is 0.0347. The van der Waals surface area contributed by atoms with Gasteiger partial charge in [-0.1, -0.05) is 33.2 Å². The molecule has 0 fully saturated rings. The quantitative estimate of drug-likeness (QED) is 0.386. The van der Waals surface area contributed by atoms with Gasteiger partial charge in [-0.15, -0.1) is 0 Å². The van der Waals surface area contributed by atoms with Crippen molar-refractivity contribution < 1.29 is 9.60 Å². The minimum atomic E-state index is -1.46. The lowest BCUT2D eigenvalue weighted by atomic mass is 10.1. The summed E-state index contributed by atoms with van der Waals surface area (Å²) >= 11 is 5.93. The summed E-state index contributed by atoms with van der Waals surface area (Å²) in [5.74, 6) is 0. The molecular formula is C8H6Br2FNO. The molecule has 0 saturated carbocycles. The Bertz CT molecular complexity index is 310. The molecule has 5 heteroatoms. The summed E-state index contributed by atoms with van der Waals surface area (Å²) in [7, 11) is 0. The van der Waals surface area contributed by atoms with Crippen molar-refractivity contribution in [2.75, 3.05) is 0 Å². The predicted molar refractivity (Wildman–Crippen MR) is 56.3 cm³/mol. The van der Waals surface area contributed by atoms with Crippen LogP contribution in [-0.4, -0.2) is 16.0 Å². The summed E-state index contributed by atoms with van der Waals surface area (Å²) in [6.45, 7) is 0. The first-order valence-electron chi connectivity index (χ1n) is 3.41. The minimum Gasteiger partial charge on any atom is -0.411 e. The van der Waals surface area contributed by atoms with Crippen LogP contribution in [0.2, 0.25) is 0 Å². The van der Waals surface area contributed by atoms with Crippen LogP contribution in [0.5, 0.6) is 0 Å². The Morgan fingerprint density at radius 3 is 2.31 bits per heavy atom. The van der Waals surface area contributed by atoms with Gasteiger partial charge in [0.05, 0.1) is 0 Å². The zero-order valence-electron chi connectivity index (χ0n) is 6.42. The average molecular weight is 311 g/mol. The monoisotopic (exact) mass is 309 g/mol. The largest absolute Gasteiger partial charge is 0.411 e. The van der Waals surface area contributed by atoms with Gasteiger partial charge < -0.3 is 5.21 Å². The average Bonchev–Trinajstić information content (AvgIpc) is 2.09. The van der Waals surface area contributed by atoms with Crippen LogP contribution in [0.4, 0.5) is 4.39 Å². The van der Waals surface area contributed by atoms with Gasteiger partial charge in [0.25, 0.3) is 0 Å². The zero-order valence-corrected chi connectivity index (χ0v) is 9.59. The second-order valence-electron chi connectivity index (χ2n) is 2.29. The Morgan fingerprint density at radius 1 is 1.38 bits per heavy atom. The molecule has 1 unspecified atom stereocenters. The first kappa shape index (κ1) is 10.7. The van der Waals surface area contributed by atoms with Crippen molar-refractivity contribution in [2.24, 2.45) is 5.16 Å². The van der Waals surface area contributed by atoms with Crippen molar-refractivity contribution >= 4 is 37.6 Å². The molecule has 13 heavy (non-hydrogen) atoms. The number of nitrogens with zero attached hydrogens (tertiary/aromatic N) is 1. The molecule has 0 aromatic heterocycles. The van der Waals surface area contributed by atoms with E-state index in [9.17, 15) is 4.39 Å². The SMILES string of the molecule is O/N=C(/c1ccc(Br)cc1)C(F)Br. The van der Waals surface area contributed by atoms with Crippen molar-refractivity contribution in [3.05, 3.63) is 34.3 Å². The molecular weight excluding hydrogens is 305 g/mol. The highest BCUT2D eigenvalue weighted by Gasteiger charge is 2.13. The topological polar surface area (TPSA) is 32.6 Å². The molecule has 0 saturated heterocycles. The normalized spacial score (nSPS) is 14.2. The van der Waals surface area contributed by atoms with E-state index in [-0.39, 0.29) is 5.71 Å². The summed E-state index contributed by atoms with van der Waals surface area (Å²) in [5.41, 5.74) is 0.502. The summed E-state index contributed by atoms with van der Waals surface area (Å²) in [6, 6.07) is 6.81. The summed E-state index contributed by atoms with van der Waals surface area (Å²) < 4.78 is 13.7. The maximum absolute atomic E-state index is 12.8. The first-order valence-corrected chi connectivity index (χ1v) is 5.12. The highest BCUT2D eigenvalue weighted by Crippen LogP contribution is 2.15. The molecule has 0 bridgehead atoms. The Morgan fingerprint density at radius 2 is 1.92 bits per heavy atom. The van der Waals surface area contributed by atoms with Gasteiger partial charge >= 0.3 is 0 Å². The third kappa shape index (κ3) is 2.77. The van der Waals surface area contributed by atoms with Crippen LogP contribution in [-0.2, 0) is 0 Å². The van der Waals surface area contributed by atoms with Crippen molar-refractivity contribution in [3.8, 4) is 0 Å². The van der Waals surface area contributed by atoms with E-state index in [1.807, 2.05) is 0 Å². The van der Waals surface area contributed by atoms with Gasteiger partial charge in [-0.25, -0.2) is 4.39 Å². The van der Waals surface area contributed by atoms with Gasteiger partial charge in [0.2, 0.25) is 5.08 Å². The van der Waals surface area contributed by atoms with E-state index in [2.05, 4.69) is 37.0 Å². The molecule has 70 valence electrons. The van der Waals surface area contributed by atoms with Crippen LogP contribution < -0.4 is 0 Å². The molecule has 0 aliphatic heterocycles. The molecule has 0 heterocycles. The van der Waals surface area contributed by atoms with Crippen LogP contribution in [0.3, 0.4) is 0 Å². The van der Waals surface area contributed by atoms with Crippen LogP contribution in [0, 0.1) is 0 Å². The smallest absolute Gasteiger partial charge is 0.200 e. The molecule has 0 amide bonds. The van der Waals surface area contributed by atoms with Crippen LogP contribution in [0.1, 0.15) is 5.56 Å². The van der Waals surface area contributed by atoms with Gasteiger partial charge in [0.15, 0.2) is 0 Å². The molecule has 0 radical (unpaired) electrons. The fourth-order valence-corrected chi connectivity index (χ4v) is 1.47. The van der Waals surface area contributed by atoms with E-state index in [0.29, 0.717) is 5.56 Å². The second kappa shape index (κ2) is 4.72. The Kier molecular flexibility index (Phi) is 3.87. The lowest BCUT2D eigenvalue weighted by Crippen LogP contribution is -2.10. The van der Waals surface area contributed by atoms with Crippen LogP contribution >= 0.6 is 31.9 Å². The number of rotatable bonds is 2. The molecule has 1 atom stereocenters. The number of benzene rings is 1. The van der Waals surface area contributed by atoms with E-state index in [1.54, 1.807) is 24.3 Å². The summed E-state index contributed by atoms with van der Waals surface area (Å²) in [6.07, 6.45) is 0. The number of hydrogen-bond donors (Lipinski definition) is 1. The van der Waals surface area contributed by atoms with Gasteiger partial charge in [-0.3, -0.25) is 0 Å². The van der Waals surface area contributed by atoms with Gasteiger partial charge in [-0.05, 0) is 28.1 Å². The summed E-state index contributed by atoms with van der Waals surface area (Å²) in [5, 5.41) is 9.93. The standard InChI is InChI=1S/C8H6Br2FNO/c9-6-3-1-5(2-4-6)7(12-13)8(10)11/h1-4,8,13H/b12-7-. The van der Waals surface area contributed by atoms with Crippen LogP contribution in [0.15, 0.2) is 33.9 Å². The number of halogens is 3. The second-order valence-corrected chi connectivity index (χ2v) is 4.01. The fourth-order valence-electron chi connectivity index (χ4n) is 0.848. The maximum Gasteiger partial charge on any atom is 0.200 e. The van der Waals surface area contributed by atoms with Gasteiger partial charge in [-0.2, -0.15) is 0 Å². The highest BCUT2D eigenvalue weighted by atomic mass is 79.9. The Balaban J connectivity index is 3.00. The first-order chi connectivity index (χ1) is 6.15. The van der Waals surface area contributed by atoms with Crippen LogP contribution in [0.25, 0.3) is 0 Å². The molecule has 0 spiro atoms. The maximum atomic E-state index is 12.8. The van der Waals surface area contributed by atoms with Crippen molar-refractivity contribution in [3.63, 3.8) is 0 Å². The molecule has 0 aliphatic carbocycles. The third-order valence-corrected chi connectivity index (χ3v) is 2.42. The highest BCUT2D eigenvalue weighted by molar-refractivity contribution is 9.10. The number of alkyl halides is 2. The van der Waals surface area contributed by atoms with E-state index in [0.717, 1.165) is 4.47 Å². The Labute approximate surface area is 91.7 Å². The predicted octanol–water partition coefficient (Wildman–Crippen LogP) is 3.32. The Hall–Kier alpha value is -0.420. The van der Waals surface area contributed by atoms with Gasteiger partial charge in [0, 0.05) is 10.0 Å². The van der Waals surface area contributed by atoms with E-state index in [4.69, 9.17) is 5.21 Å². The molecule has 1 aromatic carbocycles. The van der Waals surface area contributed by atoms with Gasteiger partial charge in [0.1, 0.15) is 5.71 Å². The van der Waals surface area contributed by atoms with E-state index >= 15 is 0 Å². The van der Waals surface area contributed by atoms with Crippen molar-refractivity contribution in [2.45, 2.75) is 5.08 Å². The van der Waals surface area contributed by atoms with Crippen molar-refractivity contribution in [1.29, 1.82) is 0 Å².